The summed E-state index contributed by atoms with van der Waals surface area (Å²) in [5.74, 6) is 0.940. The predicted molar refractivity (Wildman–Crippen MR) is 202 cm³/mol. The van der Waals surface area contributed by atoms with Crippen molar-refractivity contribution in [1.82, 2.24) is 0 Å². The molecule has 264 valence electrons. The van der Waals surface area contributed by atoms with Gasteiger partial charge in [0.25, 0.3) is 0 Å². The van der Waals surface area contributed by atoms with Crippen molar-refractivity contribution in [3.63, 3.8) is 0 Å². The summed E-state index contributed by atoms with van der Waals surface area (Å²) in [5, 5.41) is 0. The molecular weight excluding hydrogens is 548 g/mol. The second kappa shape index (κ2) is 38.9. The maximum Gasteiger partial charge on any atom is 0.305 e. The van der Waals surface area contributed by atoms with Gasteiger partial charge in [-0.2, -0.15) is 0 Å². The van der Waals surface area contributed by atoms with Crippen LogP contribution in [0.2, 0.25) is 0 Å². The zero-order chi connectivity index (χ0) is 32.7. The Morgan fingerprint density at radius 2 is 0.889 bits per heavy atom. The summed E-state index contributed by atoms with van der Waals surface area (Å²) < 4.78 is 5.45. The number of rotatable bonds is 36. The van der Waals surface area contributed by atoms with Crippen LogP contribution >= 0.6 is 0 Å². The second-order valence-electron chi connectivity index (χ2n) is 13.8. The molecule has 0 aromatic rings. The van der Waals surface area contributed by atoms with E-state index in [1.165, 1.54) is 154 Å². The summed E-state index contributed by atoms with van der Waals surface area (Å²) in [6.07, 6.45) is 53.6. The Morgan fingerprint density at radius 1 is 0.489 bits per heavy atom. The highest BCUT2D eigenvalue weighted by molar-refractivity contribution is 5.69. The third kappa shape index (κ3) is 38.8. The first kappa shape index (κ1) is 43.7. The Balaban J connectivity index is 3.21. The van der Waals surface area contributed by atoms with Crippen LogP contribution in [0.3, 0.4) is 0 Å². The molecule has 0 bridgehead atoms. The summed E-state index contributed by atoms with van der Waals surface area (Å²) in [7, 11) is 0. The van der Waals surface area contributed by atoms with Crippen LogP contribution in [0.5, 0.6) is 0 Å². The molecule has 0 aliphatic rings. The first-order valence-corrected chi connectivity index (χ1v) is 20.3. The smallest absolute Gasteiger partial charge is 0.305 e. The highest BCUT2D eigenvalue weighted by Gasteiger charge is 2.03. The molecule has 0 aromatic heterocycles. The predicted octanol–water partition coefficient (Wildman–Crippen LogP) is 15.0. The largest absolute Gasteiger partial charge is 0.466 e. The van der Waals surface area contributed by atoms with Crippen molar-refractivity contribution < 1.29 is 9.53 Å². The van der Waals surface area contributed by atoms with E-state index in [4.69, 9.17) is 4.74 Å². The van der Waals surface area contributed by atoms with Gasteiger partial charge in [0.1, 0.15) is 0 Å². The fraction of sp³-hybridized carbons (Fsp3) is 0.837. The Kier molecular flexibility index (Phi) is 37.7. The van der Waals surface area contributed by atoms with Gasteiger partial charge in [-0.15, -0.1) is 0 Å². The van der Waals surface area contributed by atoms with Crippen molar-refractivity contribution in [2.45, 2.75) is 220 Å². The van der Waals surface area contributed by atoms with Gasteiger partial charge >= 0.3 is 5.97 Å². The lowest BCUT2D eigenvalue weighted by Crippen LogP contribution is -2.05. The summed E-state index contributed by atoms with van der Waals surface area (Å²) in [6, 6.07) is 0. The van der Waals surface area contributed by atoms with Crippen molar-refractivity contribution in [3.05, 3.63) is 36.5 Å². The van der Waals surface area contributed by atoms with Crippen LogP contribution in [0.1, 0.15) is 220 Å². The molecule has 2 nitrogen and oxygen atoms in total. The zero-order valence-electron chi connectivity index (χ0n) is 31.0. The van der Waals surface area contributed by atoms with Crippen LogP contribution in [0.4, 0.5) is 0 Å². The van der Waals surface area contributed by atoms with Crippen LogP contribution in [0.25, 0.3) is 0 Å². The molecule has 45 heavy (non-hydrogen) atoms. The number of carbonyl (C=O) groups is 1. The van der Waals surface area contributed by atoms with E-state index in [1.54, 1.807) is 0 Å². The van der Waals surface area contributed by atoms with Crippen LogP contribution in [0, 0.1) is 5.92 Å². The quantitative estimate of drug-likeness (QED) is 0.0392. The third-order valence-corrected chi connectivity index (χ3v) is 9.33. The molecule has 0 N–H and O–H groups in total. The number of allylic oxidation sites excluding steroid dienone is 6. The Hall–Kier alpha value is -1.31. The maximum absolute atomic E-state index is 12.0. The molecule has 0 spiro atoms. The average Bonchev–Trinajstić information content (AvgIpc) is 3.05. The van der Waals surface area contributed by atoms with Gasteiger partial charge in [0.2, 0.25) is 0 Å². The van der Waals surface area contributed by atoms with E-state index in [0.717, 1.165) is 44.4 Å². The molecule has 0 fully saturated rings. The molecule has 0 rings (SSSR count). The molecule has 2 heteroatoms. The van der Waals surface area contributed by atoms with E-state index in [0.29, 0.717) is 13.0 Å². The van der Waals surface area contributed by atoms with Gasteiger partial charge in [-0.3, -0.25) is 4.79 Å². The minimum Gasteiger partial charge on any atom is -0.466 e. The molecule has 0 radical (unpaired) electrons. The molecule has 0 amide bonds. The van der Waals surface area contributed by atoms with E-state index >= 15 is 0 Å². The van der Waals surface area contributed by atoms with E-state index in [1.807, 2.05) is 0 Å². The standard InChI is InChI=1S/C43H80O2/c1-4-6-7-8-9-10-11-12-18-22-25-28-31-34-37-40-43(44)45-41-38-35-32-29-26-23-20-17-15-13-14-16-19-21-24-27-30-33-36-39-42(3)5-2/h6-7,9-10,12,18,42H,4-5,8,11,13-17,19-41H2,1-3H3/b7-6-,10-9-,18-12-. The first-order valence-electron chi connectivity index (χ1n) is 20.3. The topological polar surface area (TPSA) is 26.3 Å². The molecule has 0 aromatic carbocycles. The number of ether oxygens (including phenoxy) is 1. The molecule has 0 saturated carbocycles. The Morgan fingerprint density at radius 3 is 1.38 bits per heavy atom. The van der Waals surface area contributed by atoms with Gasteiger partial charge < -0.3 is 4.74 Å². The van der Waals surface area contributed by atoms with Crippen LogP contribution in [-0.2, 0) is 9.53 Å². The third-order valence-electron chi connectivity index (χ3n) is 9.33. The molecule has 1 atom stereocenters. The molecule has 0 heterocycles. The summed E-state index contributed by atoms with van der Waals surface area (Å²) >= 11 is 0. The highest BCUT2D eigenvalue weighted by Crippen LogP contribution is 2.17. The van der Waals surface area contributed by atoms with E-state index < -0.39 is 0 Å². The van der Waals surface area contributed by atoms with Crippen molar-refractivity contribution in [1.29, 1.82) is 0 Å². The lowest BCUT2D eigenvalue weighted by molar-refractivity contribution is -0.143. The minimum atomic E-state index is 0.00871. The summed E-state index contributed by atoms with van der Waals surface area (Å²) in [5.41, 5.74) is 0. The molecule has 0 aliphatic heterocycles. The number of esters is 1. The number of hydrogen-bond acceptors (Lipinski definition) is 2. The Labute approximate surface area is 283 Å². The molecule has 1 unspecified atom stereocenters. The van der Waals surface area contributed by atoms with E-state index in [2.05, 4.69) is 57.2 Å². The van der Waals surface area contributed by atoms with Crippen LogP contribution in [-0.4, -0.2) is 12.6 Å². The van der Waals surface area contributed by atoms with Crippen LogP contribution in [0.15, 0.2) is 36.5 Å². The fourth-order valence-electron chi connectivity index (χ4n) is 5.95. The minimum absolute atomic E-state index is 0.00871. The van der Waals surface area contributed by atoms with Gasteiger partial charge in [-0.25, -0.2) is 0 Å². The lowest BCUT2D eigenvalue weighted by Gasteiger charge is -2.07. The van der Waals surface area contributed by atoms with Gasteiger partial charge in [-0.1, -0.05) is 205 Å². The summed E-state index contributed by atoms with van der Waals surface area (Å²) in [4.78, 5) is 12.0. The zero-order valence-corrected chi connectivity index (χ0v) is 31.0. The van der Waals surface area contributed by atoms with Crippen LogP contribution < -0.4 is 0 Å². The molecule has 0 saturated heterocycles. The highest BCUT2D eigenvalue weighted by atomic mass is 16.5. The average molecular weight is 629 g/mol. The van der Waals surface area contributed by atoms with Crippen molar-refractivity contribution in [2.24, 2.45) is 5.92 Å². The van der Waals surface area contributed by atoms with E-state index in [-0.39, 0.29) is 5.97 Å². The maximum atomic E-state index is 12.0. The Bertz CT molecular complexity index is 661. The second-order valence-corrected chi connectivity index (χ2v) is 13.8. The van der Waals surface area contributed by atoms with Crippen molar-refractivity contribution in [3.8, 4) is 0 Å². The van der Waals surface area contributed by atoms with Gasteiger partial charge in [0.05, 0.1) is 6.61 Å². The van der Waals surface area contributed by atoms with Gasteiger partial charge in [0.15, 0.2) is 0 Å². The van der Waals surface area contributed by atoms with Crippen molar-refractivity contribution in [2.75, 3.05) is 6.61 Å². The van der Waals surface area contributed by atoms with Crippen molar-refractivity contribution >= 4 is 5.97 Å². The number of hydrogen-bond donors (Lipinski definition) is 0. The fourth-order valence-corrected chi connectivity index (χ4v) is 5.95. The monoisotopic (exact) mass is 629 g/mol. The first-order chi connectivity index (χ1) is 22.2. The van der Waals surface area contributed by atoms with E-state index in [9.17, 15) is 4.79 Å². The van der Waals surface area contributed by atoms with Gasteiger partial charge in [-0.05, 0) is 50.9 Å². The normalized spacial score (nSPS) is 12.7. The van der Waals surface area contributed by atoms with Gasteiger partial charge in [0, 0.05) is 6.42 Å². The lowest BCUT2D eigenvalue weighted by atomic mass is 9.99. The molecular formula is C43H80O2. The molecule has 0 aliphatic carbocycles. The number of unbranched alkanes of at least 4 members (excludes halogenated alkanes) is 23. The number of carbonyl (C=O) groups excluding carboxylic acids is 1. The summed E-state index contributed by atoms with van der Waals surface area (Å²) in [6.45, 7) is 7.50. The SMILES string of the molecule is CC/C=C\C/C=C\C/C=C\CCCCCCCC(=O)OCCCCCCCCCCCCCCCCCCCCCC(C)CC.